The molecule has 1 aliphatic heterocycles. The lowest BCUT2D eigenvalue weighted by Gasteiger charge is -2.40. The van der Waals surface area contributed by atoms with Crippen molar-refractivity contribution < 1.29 is 4.74 Å². The van der Waals surface area contributed by atoms with E-state index in [4.69, 9.17) is 4.74 Å². The van der Waals surface area contributed by atoms with Crippen molar-refractivity contribution in [2.75, 3.05) is 47.4 Å². The molecule has 2 rings (SSSR count). The van der Waals surface area contributed by atoms with Crippen LogP contribution in [0.5, 0.6) is 5.75 Å². The van der Waals surface area contributed by atoms with Gasteiger partial charge in [0, 0.05) is 43.8 Å². The lowest BCUT2D eigenvalue weighted by molar-refractivity contribution is 0.0910. The van der Waals surface area contributed by atoms with Gasteiger partial charge in [-0.1, -0.05) is 18.2 Å². The van der Waals surface area contributed by atoms with Gasteiger partial charge in [-0.15, -0.1) is 0 Å². The van der Waals surface area contributed by atoms with Gasteiger partial charge in [0.1, 0.15) is 5.75 Å². The summed E-state index contributed by atoms with van der Waals surface area (Å²) in [7, 11) is 5.96. The van der Waals surface area contributed by atoms with Crippen LogP contribution in [0.1, 0.15) is 18.5 Å². The largest absolute Gasteiger partial charge is 0.496 e. The van der Waals surface area contributed by atoms with Crippen molar-refractivity contribution in [2.24, 2.45) is 0 Å². The molecule has 1 fully saturated rings. The van der Waals surface area contributed by atoms with Crippen molar-refractivity contribution in [1.82, 2.24) is 15.1 Å². The van der Waals surface area contributed by atoms with Gasteiger partial charge in [-0.3, -0.25) is 4.90 Å². The number of hydrogen-bond acceptors (Lipinski definition) is 4. The molecule has 1 aromatic carbocycles. The van der Waals surface area contributed by atoms with Crippen LogP contribution in [0.15, 0.2) is 24.3 Å². The number of methoxy groups -OCH3 is 1. The Kier molecular flexibility index (Phi) is 5.40. The number of para-hydroxylation sites is 1. The van der Waals surface area contributed by atoms with E-state index in [1.165, 1.54) is 5.56 Å². The number of hydrogen-bond donors (Lipinski definition) is 1. The van der Waals surface area contributed by atoms with Gasteiger partial charge in [0.2, 0.25) is 0 Å². The van der Waals surface area contributed by atoms with Gasteiger partial charge in [-0.05, 0) is 27.1 Å². The Hall–Kier alpha value is -1.10. The quantitative estimate of drug-likeness (QED) is 0.884. The fourth-order valence-electron chi connectivity index (χ4n) is 2.98. The minimum Gasteiger partial charge on any atom is -0.496 e. The molecule has 0 saturated carbocycles. The van der Waals surface area contributed by atoms with E-state index < -0.39 is 0 Å². The Morgan fingerprint density at radius 1 is 1.35 bits per heavy atom. The first-order chi connectivity index (χ1) is 9.65. The fraction of sp³-hybridized carbons (Fsp3) is 0.625. The molecule has 1 aliphatic rings. The topological polar surface area (TPSA) is 27.7 Å². The molecule has 4 nitrogen and oxygen atoms in total. The molecule has 0 radical (unpaired) electrons. The third kappa shape index (κ3) is 3.51. The third-order valence-corrected chi connectivity index (χ3v) is 4.25. The summed E-state index contributed by atoms with van der Waals surface area (Å²) in [4.78, 5) is 4.96. The van der Waals surface area contributed by atoms with Crippen molar-refractivity contribution in [3.63, 3.8) is 0 Å². The molecule has 0 bridgehead atoms. The SMILES string of the molecule is CNC(CN1CCN(C)CC1C)c1ccccc1OC. The molecular formula is C16H27N3O. The number of likely N-dealkylation sites (N-methyl/N-ethyl adjacent to an activating group) is 2. The maximum Gasteiger partial charge on any atom is 0.123 e. The van der Waals surface area contributed by atoms with Crippen molar-refractivity contribution in [3.8, 4) is 5.75 Å². The molecule has 20 heavy (non-hydrogen) atoms. The van der Waals surface area contributed by atoms with Gasteiger partial charge in [-0.25, -0.2) is 0 Å². The maximum atomic E-state index is 5.49. The van der Waals surface area contributed by atoms with Crippen LogP contribution < -0.4 is 10.1 Å². The smallest absolute Gasteiger partial charge is 0.123 e. The first-order valence-electron chi connectivity index (χ1n) is 7.38. The van der Waals surface area contributed by atoms with E-state index in [2.05, 4.69) is 41.2 Å². The van der Waals surface area contributed by atoms with Gasteiger partial charge >= 0.3 is 0 Å². The average Bonchev–Trinajstić information content (AvgIpc) is 2.46. The van der Waals surface area contributed by atoms with Crippen molar-refractivity contribution >= 4 is 0 Å². The first-order valence-corrected chi connectivity index (χ1v) is 7.38. The summed E-state index contributed by atoms with van der Waals surface area (Å²) in [6, 6.07) is 9.19. The average molecular weight is 277 g/mol. The second-order valence-electron chi connectivity index (χ2n) is 5.69. The summed E-state index contributed by atoms with van der Waals surface area (Å²) in [5.74, 6) is 0.966. The van der Waals surface area contributed by atoms with Gasteiger partial charge in [-0.2, -0.15) is 0 Å². The minimum atomic E-state index is 0.303. The van der Waals surface area contributed by atoms with Crippen LogP contribution in [-0.2, 0) is 0 Å². The van der Waals surface area contributed by atoms with Crippen LogP contribution in [0.3, 0.4) is 0 Å². The van der Waals surface area contributed by atoms with E-state index in [0.717, 1.165) is 31.9 Å². The van der Waals surface area contributed by atoms with Crippen molar-refractivity contribution in [3.05, 3.63) is 29.8 Å². The van der Waals surface area contributed by atoms with E-state index >= 15 is 0 Å². The van der Waals surface area contributed by atoms with Gasteiger partial charge < -0.3 is 15.0 Å². The molecule has 1 heterocycles. The molecule has 112 valence electrons. The van der Waals surface area contributed by atoms with Gasteiger partial charge in [0.15, 0.2) is 0 Å². The molecule has 2 atom stereocenters. The van der Waals surface area contributed by atoms with Gasteiger partial charge in [0.05, 0.1) is 7.11 Å². The summed E-state index contributed by atoms with van der Waals surface area (Å²) in [6.07, 6.45) is 0. The predicted molar refractivity (Wildman–Crippen MR) is 83.3 cm³/mol. The van der Waals surface area contributed by atoms with E-state index in [9.17, 15) is 0 Å². The highest BCUT2D eigenvalue weighted by Crippen LogP contribution is 2.26. The molecule has 1 aromatic rings. The number of nitrogens with zero attached hydrogens (tertiary/aromatic N) is 2. The first kappa shape index (κ1) is 15.3. The third-order valence-electron chi connectivity index (χ3n) is 4.25. The molecular weight excluding hydrogens is 250 g/mol. The highest BCUT2D eigenvalue weighted by atomic mass is 16.5. The molecule has 0 aliphatic carbocycles. The van der Waals surface area contributed by atoms with Crippen LogP contribution in [-0.4, -0.2) is 63.2 Å². The van der Waals surface area contributed by atoms with Crippen molar-refractivity contribution in [2.45, 2.75) is 19.0 Å². The zero-order valence-electron chi connectivity index (χ0n) is 13.1. The summed E-state index contributed by atoms with van der Waals surface area (Å²) >= 11 is 0. The lowest BCUT2D eigenvalue weighted by atomic mass is 10.0. The van der Waals surface area contributed by atoms with E-state index in [-0.39, 0.29) is 0 Å². The van der Waals surface area contributed by atoms with Crippen LogP contribution >= 0.6 is 0 Å². The normalized spacial score (nSPS) is 22.7. The standard InChI is InChI=1S/C16H27N3O/c1-13-11-18(3)9-10-19(13)12-15(17-2)14-7-5-6-8-16(14)20-4/h5-8,13,15,17H,9-12H2,1-4H3. The maximum absolute atomic E-state index is 5.49. The van der Waals surface area contributed by atoms with Crippen LogP contribution in [0.25, 0.3) is 0 Å². The zero-order chi connectivity index (χ0) is 14.5. The molecule has 1 N–H and O–H groups in total. The number of benzene rings is 1. The Labute approximate surface area is 122 Å². The predicted octanol–water partition coefficient (Wildman–Crippen LogP) is 1.59. The monoisotopic (exact) mass is 277 g/mol. The Morgan fingerprint density at radius 3 is 2.75 bits per heavy atom. The van der Waals surface area contributed by atoms with Crippen LogP contribution in [0, 0.1) is 0 Å². The number of ether oxygens (including phenoxy) is 1. The minimum absolute atomic E-state index is 0.303. The number of piperazine rings is 1. The Morgan fingerprint density at radius 2 is 2.10 bits per heavy atom. The van der Waals surface area contributed by atoms with E-state index in [0.29, 0.717) is 12.1 Å². The van der Waals surface area contributed by atoms with E-state index in [1.807, 2.05) is 19.2 Å². The van der Waals surface area contributed by atoms with Crippen LogP contribution in [0.4, 0.5) is 0 Å². The van der Waals surface area contributed by atoms with Crippen molar-refractivity contribution in [1.29, 1.82) is 0 Å². The second kappa shape index (κ2) is 7.07. The molecule has 0 amide bonds. The van der Waals surface area contributed by atoms with E-state index in [1.54, 1.807) is 7.11 Å². The molecule has 4 heteroatoms. The summed E-state index contributed by atoms with van der Waals surface area (Å²) in [5.41, 5.74) is 1.24. The lowest BCUT2D eigenvalue weighted by Crippen LogP contribution is -2.52. The molecule has 1 saturated heterocycles. The highest BCUT2D eigenvalue weighted by molar-refractivity contribution is 5.36. The highest BCUT2D eigenvalue weighted by Gasteiger charge is 2.25. The summed E-state index contributed by atoms with van der Waals surface area (Å²) in [5, 5.41) is 3.44. The molecule has 0 spiro atoms. The zero-order valence-corrected chi connectivity index (χ0v) is 13.1. The fourth-order valence-corrected chi connectivity index (χ4v) is 2.98. The number of nitrogens with one attached hydrogen (secondary N) is 1. The molecule has 0 aromatic heterocycles. The summed E-state index contributed by atoms with van der Waals surface area (Å²) < 4.78 is 5.49. The summed E-state index contributed by atoms with van der Waals surface area (Å²) in [6.45, 7) is 6.75. The van der Waals surface area contributed by atoms with Gasteiger partial charge in [0.25, 0.3) is 0 Å². The molecule has 2 unspecified atom stereocenters. The Balaban J connectivity index is 2.09. The van der Waals surface area contributed by atoms with Crippen LogP contribution in [0.2, 0.25) is 0 Å². The number of rotatable bonds is 5. The Bertz CT molecular complexity index is 424. The second-order valence-corrected chi connectivity index (χ2v) is 5.69.